The largest absolute Gasteiger partial charge is 0.330 e. The standard InChI is InChI=1S/C15H15N3O2/c1-15(2,3)14-17-10-11(18(14)4)8-6-5-7-16-9(8)12(19)13(10)20/h5-7H,1-4H3. The lowest BCUT2D eigenvalue weighted by Gasteiger charge is -2.19. The van der Waals surface area contributed by atoms with Crippen LogP contribution in [0.1, 0.15) is 47.6 Å². The molecule has 0 fully saturated rings. The van der Waals surface area contributed by atoms with E-state index in [9.17, 15) is 9.59 Å². The van der Waals surface area contributed by atoms with Crippen molar-refractivity contribution in [2.24, 2.45) is 7.05 Å². The number of hydrogen-bond donors (Lipinski definition) is 0. The van der Waals surface area contributed by atoms with Gasteiger partial charge in [-0.2, -0.15) is 0 Å². The van der Waals surface area contributed by atoms with Crippen LogP contribution in [0, 0.1) is 0 Å². The Bertz CT molecular complexity index is 751. The van der Waals surface area contributed by atoms with E-state index in [4.69, 9.17) is 0 Å². The molecule has 2 heterocycles. The molecule has 1 aliphatic carbocycles. The molecule has 0 aliphatic heterocycles. The van der Waals surface area contributed by atoms with E-state index in [0.29, 0.717) is 11.3 Å². The van der Waals surface area contributed by atoms with E-state index in [0.717, 1.165) is 5.82 Å². The first-order chi connectivity index (χ1) is 9.32. The molecule has 3 rings (SSSR count). The highest BCUT2D eigenvalue weighted by Gasteiger charge is 2.37. The highest BCUT2D eigenvalue weighted by molar-refractivity contribution is 6.51. The van der Waals surface area contributed by atoms with Crippen LogP contribution in [-0.2, 0) is 12.5 Å². The highest BCUT2D eigenvalue weighted by atomic mass is 16.2. The van der Waals surface area contributed by atoms with Gasteiger partial charge in [-0.25, -0.2) is 4.98 Å². The van der Waals surface area contributed by atoms with Gasteiger partial charge in [-0.15, -0.1) is 0 Å². The van der Waals surface area contributed by atoms with Crippen molar-refractivity contribution >= 4 is 11.6 Å². The Morgan fingerprint density at radius 3 is 2.40 bits per heavy atom. The topological polar surface area (TPSA) is 64.8 Å². The second-order valence-corrected chi connectivity index (χ2v) is 6.00. The third-order valence-corrected chi connectivity index (χ3v) is 3.47. The maximum absolute atomic E-state index is 12.2. The van der Waals surface area contributed by atoms with Gasteiger partial charge in [0.05, 0.1) is 5.69 Å². The van der Waals surface area contributed by atoms with Crippen LogP contribution in [0.5, 0.6) is 0 Å². The van der Waals surface area contributed by atoms with Crippen LogP contribution < -0.4 is 0 Å². The molecule has 20 heavy (non-hydrogen) atoms. The second-order valence-electron chi connectivity index (χ2n) is 6.00. The zero-order chi connectivity index (χ0) is 14.7. The molecule has 0 radical (unpaired) electrons. The summed E-state index contributed by atoms with van der Waals surface area (Å²) < 4.78 is 1.89. The fourth-order valence-electron chi connectivity index (χ4n) is 2.63. The first-order valence-corrected chi connectivity index (χ1v) is 6.44. The summed E-state index contributed by atoms with van der Waals surface area (Å²) in [6.07, 6.45) is 1.52. The third-order valence-electron chi connectivity index (χ3n) is 3.47. The number of carbonyl (C=O) groups excluding carboxylic acids is 2. The molecule has 0 atom stereocenters. The lowest BCUT2D eigenvalue weighted by Crippen LogP contribution is -2.23. The van der Waals surface area contributed by atoms with Gasteiger partial charge in [0, 0.05) is 24.2 Å². The van der Waals surface area contributed by atoms with E-state index < -0.39 is 11.6 Å². The maximum atomic E-state index is 12.2. The van der Waals surface area contributed by atoms with Crippen molar-refractivity contribution in [3.8, 4) is 11.3 Å². The fraction of sp³-hybridized carbons (Fsp3) is 0.333. The first kappa shape index (κ1) is 12.7. The number of pyridine rings is 1. The first-order valence-electron chi connectivity index (χ1n) is 6.44. The van der Waals surface area contributed by atoms with E-state index >= 15 is 0 Å². The molecule has 0 aromatic carbocycles. The van der Waals surface area contributed by atoms with Crippen LogP contribution >= 0.6 is 0 Å². The molecule has 0 saturated heterocycles. The van der Waals surface area contributed by atoms with Gasteiger partial charge >= 0.3 is 0 Å². The van der Waals surface area contributed by atoms with Gasteiger partial charge in [-0.05, 0) is 12.1 Å². The van der Waals surface area contributed by atoms with Crippen molar-refractivity contribution in [1.29, 1.82) is 0 Å². The van der Waals surface area contributed by atoms with E-state index in [-0.39, 0.29) is 16.8 Å². The quantitative estimate of drug-likeness (QED) is 0.687. The van der Waals surface area contributed by atoms with Gasteiger partial charge in [0.25, 0.3) is 11.6 Å². The van der Waals surface area contributed by atoms with E-state index in [1.165, 1.54) is 6.20 Å². The summed E-state index contributed by atoms with van der Waals surface area (Å²) in [5.74, 6) is -0.371. The number of rotatable bonds is 0. The van der Waals surface area contributed by atoms with Crippen LogP contribution in [0.2, 0.25) is 0 Å². The molecule has 1 aliphatic rings. The number of hydrogen-bond acceptors (Lipinski definition) is 4. The minimum atomic E-state index is -0.577. The summed E-state index contributed by atoms with van der Waals surface area (Å²) in [6.45, 7) is 6.08. The van der Waals surface area contributed by atoms with E-state index in [2.05, 4.69) is 9.97 Å². The molecule has 0 amide bonds. The van der Waals surface area contributed by atoms with Gasteiger partial charge in [0.15, 0.2) is 0 Å². The lowest BCUT2D eigenvalue weighted by molar-refractivity contribution is 0.0809. The van der Waals surface area contributed by atoms with E-state index in [1.54, 1.807) is 12.1 Å². The van der Waals surface area contributed by atoms with Crippen LogP contribution in [0.25, 0.3) is 11.3 Å². The van der Waals surface area contributed by atoms with Crippen LogP contribution in [0.3, 0.4) is 0 Å². The van der Waals surface area contributed by atoms with Crippen molar-refractivity contribution in [2.45, 2.75) is 26.2 Å². The molecule has 102 valence electrons. The zero-order valence-corrected chi connectivity index (χ0v) is 11.9. The highest BCUT2D eigenvalue weighted by Crippen LogP contribution is 2.35. The van der Waals surface area contributed by atoms with Crippen molar-refractivity contribution in [2.75, 3.05) is 0 Å². The van der Waals surface area contributed by atoms with Gasteiger partial charge in [-0.3, -0.25) is 14.6 Å². The average molecular weight is 269 g/mol. The smallest absolute Gasteiger partial charge is 0.255 e. The molecule has 0 N–H and O–H groups in total. The predicted octanol–water partition coefficient (Wildman–Crippen LogP) is 2.16. The van der Waals surface area contributed by atoms with Crippen molar-refractivity contribution in [1.82, 2.24) is 14.5 Å². The number of Topliss-reactive ketones (excluding diaryl/α,β-unsaturated/α-hetero) is 2. The Kier molecular flexibility index (Phi) is 2.45. The molecular formula is C15H15N3O2. The van der Waals surface area contributed by atoms with Crippen molar-refractivity contribution in [3.63, 3.8) is 0 Å². The average Bonchev–Trinajstić information content (AvgIpc) is 2.74. The molecule has 0 bridgehead atoms. The summed E-state index contributed by atoms with van der Waals surface area (Å²) in [4.78, 5) is 32.8. The molecule has 5 nitrogen and oxygen atoms in total. The summed E-state index contributed by atoms with van der Waals surface area (Å²) in [7, 11) is 1.87. The Hall–Kier alpha value is -2.30. The molecule has 2 aromatic heterocycles. The van der Waals surface area contributed by atoms with Crippen LogP contribution in [0.15, 0.2) is 18.3 Å². The zero-order valence-electron chi connectivity index (χ0n) is 11.9. The number of ketones is 2. The number of aromatic nitrogens is 3. The molecule has 2 aromatic rings. The minimum absolute atomic E-state index is 0.211. The summed E-state index contributed by atoms with van der Waals surface area (Å²) in [5, 5.41) is 0. The fourth-order valence-corrected chi connectivity index (χ4v) is 2.63. The molecular weight excluding hydrogens is 254 g/mol. The third kappa shape index (κ3) is 1.56. The molecule has 0 unspecified atom stereocenters. The Balaban J connectivity index is 2.39. The SMILES string of the molecule is Cn1c(C(C)(C)C)nc2c1-c1cccnc1C(=O)C2=O. The minimum Gasteiger partial charge on any atom is -0.330 e. The Morgan fingerprint density at radius 1 is 1.10 bits per heavy atom. The van der Waals surface area contributed by atoms with Gasteiger partial charge in [0.1, 0.15) is 17.2 Å². The van der Waals surface area contributed by atoms with Gasteiger partial charge < -0.3 is 4.57 Å². The summed E-state index contributed by atoms with van der Waals surface area (Å²) in [6, 6.07) is 3.56. The molecule has 5 heteroatoms. The van der Waals surface area contributed by atoms with Gasteiger partial charge in [0.2, 0.25) is 0 Å². The van der Waals surface area contributed by atoms with E-state index in [1.807, 2.05) is 32.4 Å². The second kappa shape index (κ2) is 3.85. The van der Waals surface area contributed by atoms with Crippen molar-refractivity contribution in [3.05, 3.63) is 35.5 Å². The lowest BCUT2D eigenvalue weighted by atomic mass is 9.94. The predicted molar refractivity (Wildman–Crippen MR) is 73.8 cm³/mol. The molecule has 0 saturated carbocycles. The maximum Gasteiger partial charge on any atom is 0.255 e. The molecule has 0 spiro atoms. The Labute approximate surface area is 116 Å². The number of fused-ring (bicyclic) bond motifs is 3. The van der Waals surface area contributed by atoms with Crippen LogP contribution in [0.4, 0.5) is 0 Å². The number of carbonyl (C=O) groups is 2. The summed E-state index contributed by atoms with van der Waals surface area (Å²) >= 11 is 0. The number of nitrogens with zero attached hydrogens (tertiary/aromatic N) is 3. The normalized spacial score (nSPS) is 14.2. The van der Waals surface area contributed by atoms with Crippen molar-refractivity contribution < 1.29 is 9.59 Å². The van der Waals surface area contributed by atoms with Gasteiger partial charge in [-0.1, -0.05) is 20.8 Å². The Morgan fingerprint density at radius 2 is 1.75 bits per heavy atom. The summed E-state index contributed by atoms with van der Waals surface area (Å²) in [5.41, 5.74) is 1.61. The monoisotopic (exact) mass is 269 g/mol. The number of imidazole rings is 1. The van der Waals surface area contributed by atoms with Crippen LogP contribution in [-0.4, -0.2) is 26.1 Å².